The SMILES string of the molecule is O=C(CNc1cc(NCC2CC2)ncn1)N1CCOCC1. The first-order valence-corrected chi connectivity index (χ1v) is 7.46. The van der Waals surface area contributed by atoms with E-state index in [4.69, 9.17) is 4.74 Å². The summed E-state index contributed by atoms with van der Waals surface area (Å²) in [6.07, 6.45) is 4.12. The second-order valence-corrected chi connectivity index (χ2v) is 5.46. The average Bonchev–Trinajstić information content (AvgIpc) is 3.36. The summed E-state index contributed by atoms with van der Waals surface area (Å²) in [7, 11) is 0. The van der Waals surface area contributed by atoms with Gasteiger partial charge in [0.2, 0.25) is 5.91 Å². The van der Waals surface area contributed by atoms with Crippen molar-refractivity contribution in [2.24, 2.45) is 5.92 Å². The summed E-state index contributed by atoms with van der Waals surface area (Å²) in [5.41, 5.74) is 0. The van der Waals surface area contributed by atoms with Gasteiger partial charge in [0.1, 0.15) is 18.0 Å². The van der Waals surface area contributed by atoms with Crippen LogP contribution >= 0.6 is 0 Å². The zero-order valence-electron chi connectivity index (χ0n) is 12.0. The normalized spacial score (nSPS) is 18.4. The number of carbonyl (C=O) groups is 1. The van der Waals surface area contributed by atoms with Crippen LogP contribution in [-0.4, -0.2) is 60.2 Å². The topological polar surface area (TPSA) is 79.4 Å². The van der Waals surface area contributed by atoms with Gasteiger partial charge in [0.15, 0.2) is 0 Å². The number of nitrogens with zero attached hydrogens (tertiary/aromatic N) is 3. The van der Waals surface area contributed by atoms with E-state index in [9.17, 15) is 4.79 Å². The van der Waals surface area contributed by atoms with Crippen LogP contribution in [0.4, 0.5) is 11.6 Å². The lowest BCUT2D eigenvalue weighted by Crippen LogP contribution is -2.43. The minimum Gasteiger partial charge on any atom is -0.378 e. The predicted molar refractivity (Wildman–Crippen MR) is 79.1 cm³/mol. The van der Waals surface area contributed by atoms with Crippen molar-refractivity contribution in [1.29, 1.82) is 0 Å². The molecule has 2 fully saturated rings. The van der Waals surface area contributed by atoms with Gasteiger partial charge in [0, 0.05) is 25.7 Å². The van der Waals surface area contributed by atoms with E-state index in [0.29, 0.717) is 32.1 Å². The van der Waals surface area contributed by atoms with Crippen LogP contribution in [0.25, 0.3) is 0 Å². The van der Waals surface area contributed by atoms with Gasteiger partial charge in [-0.2, -0.15) is 0 Å². The maximum Gasteiger partial charge on any atom is 0.242 e. The van der Waals surface area contributed by atoms with Crippen molar-refractivity contribution < 1.29 is 9.53 Å². The molecule has 7 nitrogen and oxygen atoms in total. The number of rotatable bonds is 6. The molecule has 1 aliphatic heterocycles. The molecule has 1 aromatic rings. The van der Waals surface area contributed by atoms with Gasteiger partial charge in [0.25, 0.3) is 0 Å². The van der Waals surface area contributed by atoms with Gasteiger partial charge in [-0.15, -0.1) is 0 Å². The molecule has 1 aliphatic carbocycles. The van der Waals surface area contributed by atoms with Crippen molar-refractivity contribution in [3.8, 4) is 0 Å². The summed E-state index contributed by atoms with van der Waals surface area (Å²) >= 11 is 0. The molecule has 21 heavy (non-hydrogen) atoms. The summed E-state index contributed by atoms with van der Waals surface area (Å²) in [5, 5.41) is 6.36. The first-order chi connectivity index (χ1) is 10.3. The largest absolute Gasteiger partial charge is 0.378 e. The van der Waals surface area contributed by atoms with Crippen molar-refractivity contribution in [1.82, 2.24) is 14.9 Å². The summed E-state index contributed by atoms with van der Waals surface area (Å²) < 4.78 is 5.24. The predicted octanol–water partition coefficient (Wildman–Crippen LogP) is 0.569. The second kappa shape index (κ2) is 6.71. The number of ether oxygens (including phenoxy) is 1. The van der Waals surface area contributed by atoms with Gasteiger partial charge < -0.3 is 20.3 Å². The van der Waals surface area contributed by atoms with Gasteiger partial charge in [-0.25, -0.2) is 9.97 Å². The Balaban J connectivity index is 1.47. The standard InChI is InChI=1S/C14H21N5O2/c20-14(19-3-5-21-6-4-19)9-16-13-7-12(17-10-18-13)15-8-11-1-2-11/h7,10-11H,1-6,8-9H2,(H2,15,16,17,18). The summed E-state index contributed by atoms with van der Waals surface area (Å²) in [6.45, 7) is 3.78. The first-order valence-electron chi connectivity index (χ1n) is 7.46. The molecule has 2 aliphatic rings. The molecule has 1 amide bonds. The third kappa shape index (κ3) is 4.29. The minimum absolute atomic E-state index is 0.0735. The number of carbonyl (C=O) groups excluding carboxylic acids is 1. The van der Waals surface area contributed by atoms with Crippen LogP contribution in [0, 0.1) is 5.92 Å². The molecule has 7 heteroatoms. The van der Waals surface area contributed by atoms with Crippen LogP contribution in [-0.2, 0) is 9.53 Å². The van der Waals surface area contributed by atoms with Crippen LogP contribution in [0.15, 0.2) is 12.4 Å². The number of hydrogen-bond acceptors (Lipinski definition) is 6. The third-order valence-corrected chi connectivity index (χ3v) is 3.72. The van der Waals surface area contributed by atoms with Crippen molar-refractivity contribution >= 4 is 17.5 Å². The quantitative estimate of drug-likeness (QED) is 0.797. The van der Waals surface area contributed by atoms with Crippen molar-refractivity contribution in [2.75, 3.05) is 50.0 Å². The van der Waals surface area contributed by atoms with Crippen LogP contribution < -0.4 is 10.6 Å². The molecule has 1 saturated heterocycles. The fourth-order valence-electron chi connectivity index (χ4n) is 2.21. The molecule has 0 aromatic carbocycles. The zero-order valence-corrected chi connectivity index (χ0v) is 12.0. The number of anilines is 2. The Hall–Kier alpha value is -1.89. The molecule has 0 bridgehead atoms. The molecule has 1 aromatic heterocycles. The van der Waals surface area contributed by atoms with E-state index in [1.165, 1.54) is 19.2 Å². The van der Waals surface area contributed by atoms with Crippen LogP contribution in [0.3, 0.4) is 0 Å². The molecule has 2 N–H and O–H groups in total. The highest BCUT2D eigenvalue weighted by Gasteiger charge is 2.21. The lowest BCUT2D eigenvalue weighted by Gasteiger charge is -2.26. The molecule has 2 heterocycles. The molecule has 3 rings (SSSR count). The average molecular weight is 291 g/mol. The Kier molecular flexibility index (Phi) is 4.49. The van der Waals surface area contributed by atoms with E-state index in [0.717, 1.165) is 18.3 Å². The Morgan fingerprint density at radius 2 is 1.95 bits per heavy atom. The van der Waals surface area contributed by atoms with Gasteiger partial charge in [-0.05, 0) is 18.8 Å². The Morgan fingerprint density at radius 3 is 2.67 bits per heavy atom. The highest BCUT2D eigenvalue weighted by Crippen LogP contribution is 2.28. The summed E-state index contributed by atoms with van der Waals surface area (Å²) in [6, 6.07) is 1.84. The monoisotopic (exact) mass is 291 g/mol. The van der Waals surface area contributed by atoms with Crippen molar-refractivity contribution in [3.05, 3.63) is 12.4 Å². The molecular weight excluding hydrogens is 270 g/mol. The van der Waals surface area contributed by atoms with E-state index in [1.54, 1.807) is 0 Å². The van der Waals surface area contributed by atoms with Gasteiger partial charge in [0.05, 0.1) is 19.8 Å². The molecule has 0 radical (unpaired) electrons. The van der Waals surface area contributed by atoms with E-state index in [-0.39, 0.29) is 12.5 Å². The Bertz CT molecular complexity index is 486. The van der Waals surface area contributed by atoms with Crippen LogP contribution in [0.5, 0.6) is 0 Å². The molecule has 0 atom stereocenters. The highest BCUT2D eigenvalue weighted by atomic mass is 16.5. The fraction of sp³-hybridized carbons (Fsp3) is 0.643. The second-order valence-electron chi connectivity index (χ2n) is 5.46. The number of nitrogens with one attached hydrogen (secondary N) is 2. The third-order valence-electron chi connectivity index (χ3n) is 3.72. The van der Waals surface area contributed by atoms with E-state index in [2.05, 4.69) is 20.6 Å². The molecule has 1 saturated carbocycles. The van der Waals surface area contributed by atoms with Crippen molar-refractivity contribution in [3.63, 3.8) is 0 Å². The number of amides is 1. The van der Waals surface area contributed by atoms with E-state index >= 15 is 0 Å². The Morgan fingerprint density at radius 1 is 1.24 bits per heavy atom. The summed E-state index contributed by atoms with van der Waals surface area (Å²) in [5.74, 6) is 2.34. The smallest absolute Gasteiger partial charge is 0.242 e. The molecule has 114 valence electrons. The maximum absolute atomic E-state index is 12.0. The van der Waals surface area contributed by atoms with Crippen LogP contribution in [0.2, 0.25) is 0 Å². The molecule has 0 spiro atoms. The zero-order chi connectivity index (χ0) is 14.5. The van der Waals surface area contributed by atoms with E-state index < -0.39 is 0 Å². The molecule has 0 unspecified atom stereocenters. The Labute approximate surface area is 124 Å². The number of morpholine rings is 1. The first kappa shape index (κ1) is 14.1. The van der Waals surface area contributed by atoms with Gasteiger partial charge >= 0.3 is 0 Å². The molecular formula is C14H21N5O2. The lowest BCUT2D eigenvalue weighted by atomic mass is 10.4. The van der Waals surface area contributed by atoms with Gasteiger partial charge in [-0.3, -0.25) is 4.79 Å². The minimum atomic E-state index is 0.0735. The fourth-order valence-corrected chi connectivity index (χ4v) is 2.21. The lowest BCUT2D eigenvalue weighted by molar-refractivity contribution is -0.133. The van der Waals surface area contributed by atoms with Crippen LogP contribution in [0.1, 0.15) is 12.8 Å². The number of hydrogen-bond donors (Lipinski definition) is 2. The number of aromatic nitrogens is 2. The van der Waals surface area contributed by atoms with Crippen molar-refractivity contribution in [2.45, 2.75) is 12.8 Å². The maximum atomic E-state index is 12.0. The highest BCUT2D eigenvalue weighted by molar-refractivity contribution is 5.80. The van der Waals surface area contributed by atoms with E-state index in [1.807, 2.05) is 11.0 Å². The summed E-state index contributed by atoms with van der Waals surface area (Å²) in [4.78, 5) is 22.2. The van der Waals surface area contributed by atoms with Gasteiger partial charge in [-0.1, -0.05) is 0 Å².